The van der Waals surface area contributed by atoms with Crippen LogP contribution in [0.1, 0.15) is 26.7 Å². The van der Waals surface area contributed by atoms with Gasteiger partial charge in [-0.2, -0.15) is 0 Å². The third-order valence-corrected chi connectivity index (χ3v) is 5.30. The summed E-state index contributed by atoms with van der Waals surface area (Å²) < 4.78 is 24.6. The van der Waals surface area contributed by atoms with Crippen LogP contribution in [-0.2, 0) is 14.6 Å². The molecule has 0 aromatic heterocycles. The second kappa shape index (κ2) is 3.95. The third kappa shape index (κ3) is 2.27. The second-order valence-electron chi connectivity index (χ2n) is 5.36. The second-order valence-corrected chi connectivity index (χ2v) is 7.49. The molecular weight excluding hydrogens is 236 g/mol. The van der Waals surface area contributed by atoms with Crippen LogP contribution in [0.3, 0.4) is 0 Å². The Labute approximate surface area is 102 Å². The number of Topliss-reactive ketones (excluding diaryl/α,β-unsaturated/α-hetero) is 1. The van der Waals surface area contributed by atoms with Gasteiger partial charge in [-0.05, 0) is 24.0 Å². The Hall–Kier alpha value is -1.16. The Balaban J connectivity index is 2.39. The van der Waals surface area contributed by atoms with Crippen LogP contribution >= 0.6 is 0 Å². The van der Waals surface area contributed by atoms with Crippen LogP contribution < -0.4 is 0 Å². The minimum atomic E-state index is -3.51. The maximum absolute atomic E-state index is 12.3. The van der Waals surface area contributed by atoms with Crippen molar-refractivity contribution < 1.29 is 13.2 Å². The molecular formula is C13H16O3S. The van der Waals surface area contributed by atoms with E-state index in [1.54, 1.807) is 30.3 Å². The minimum absolute atomic E-state index is 0.154. The van der Waals surface area contributed by atoms with Crippen molar-refractivity contribution in [2.45, 2.75) is 36.8 Å². The van der Waals surface area contributed by atoms with E-state index in [1.807, 2.05) is 13.8 Å². The van der Waals surface area contributed by atoms with Gasteiger partial charge in [-0.25, -0.2) is 8.42 Å². The summed E-state index contributed by atoms with van der Waals surface area (Å²) in [5.74, 6) is -0.154. The molecule has 0 aliphatic heterocycles. The van der Waals surface area contributed by atoms with E-state index in [-0.39, 0.29) is 16.1 Å². The van der Waals surface area contributed by atoms with E-state index in [0.717, 1.165) is 0 Å². The molecule has 0 saturated heterocycles. The Morgan fingerprint density at radius 1 is 1.18 bits per heavy atom. The molecule has 4 heteroatoms. The lowest BCUT2D eigenvalue weighted by Gasteiger charge is -2.15. The fraction of sp³-hybridized carbons (Fsp3) is 0.462. The zero-order valence-corrected chi connectivity index (χ0v) is 10.8. The summed E-state index contributed by atoms with van der Waals surface area (Å²) in [4.78, 5) is 12.1. The average molecular weight is 252 g/mol. The van der Waals surface area contributed by atoms with E-state index in [0.29, 0.717) is 12.8 Å². The normalized spacial score (nSPS) is 23.9. The maximum Gasteiger partial charge on any atom is 0.188 e. The van der Waals surface area contributed by atoms with Gasteiger partial charge in [0.05, 0.1) is 4.90 Å². The Morgan fingerprint density at radius 2 is 1.76 bits per heavy atom. The van der Waals surface area contributed by atoms with Gasteiger partial charge in [-0.15, -0.1) is 0 Å². The molecule has 17 heavy (non-hydrogen) atoms. The highest BCUT2D eigenvalue weighted by Crippen LogP contribution is 2.39. The molecule has 1 aliphatic carbocycles. The highest BCUT2D eigenvalue weighted by Gasteiger charge is 2.45. The van der Waals surface area contributed by atoms with Gasteiger partial charge in [-0.3, -0.25) is 4.79 Å². The summed E-state index contributed by atoms with van der Waals surface area (Å²) in [6.07, 6.45) is 0.771. The number of carbonyl (C=O) groups is 1. The highest BCUT2D eigenvalue weighted by molar-refractivity contribution is 7.92. The standard InChI is InChI=1S/C13H16O3S/c1-13(2)8-11(14)12(9-13)17(15,16)10-6-4-3-5-7-10/h3-7,12H,8-9H2,1-2H3. The molecule has 2 rings (SSSR count). The first-order valence-corrected chi connectivity index (χ1v) is 7.19. The third-order valence-electron chi connectivity index (χ3n) is 3.20. The topological polar surface area (TPSA) is 51.2 Å². The molecule has 0 radical (unpaired) electrons. The Bertz CT molecular complexity index is 529. The van der Waals surface area contributed by atoms with E-state index < -0.39 is 15.1 Å². The number of rotatable bonds is 2. The first-order chi connectivity index (χ1) is 7.83. The van der Waals surface area contributed by atoms with Gasteiger partial charge in [0, 0.05) is 6.42 Å². The summed E-state index contributed by atoms with van der Waals surface area (Å²) >= 11 is 0. The number of carbonyl (C=O) groups excluding carboxylic acids is 1. The molecule has 0 amide bonds. The maximum atomic E-state index is 12.3. The van der Waals surface area contributed by atoms with Crippen LogP contribution in [0.25, 0.3) is 0 Å². The SMILES string of the molecule is CC1(C)CC(=O)C(S(=O)(=O)c2ccccc2)C1. The zero-order chi connectivity index (χ0) is 12.7. The van der Waals surface area contributed by atoms with Gasteiger partial charge in [0.15, 0.2) is 15.6 Å². The van der Waals surface area contributed by atoms with Gasteiger partial charge in [0.2, 0.25) is 0 Å². The number of benzene rings is 1. The average Bonchev–Trinajstić information content (AvgIpc) is 2.54. The van der Waals surface area contributed by atoms with Crippen molar-refractivity contribution in [2.24, 2.45) is 5.41 Å². The smallest absolute Gasteiger partial charge is 0.188 e. The van der Waals surface area contributed by atoms with Crippen molar-refractivity contribution in [3.05, 3.63) is 30.3 Å². The highest BCUT2D eigenvalue weighted by atomic mass is 32.2. The predicted molar refractivity (Wildman–Crippen MR) is 65.4 cm³/mol. The van der Waals surface area contributed by atoms with E-state index in [4.69, 9.17) is 0 Å². The van der Waals surface area contributed by atoms with Crippen LogP contribution in [0.15, 0.2) is 35.2 Å². The van der Waals surface area contributed by atoms with Crippen molar-refractivity contribution in [3.8, 4) is 0 Å². The van der Waals surface area contributed by atoms with Crippen LogP contribution in [0.2, 0.25) is 0 Å². The van der Waals surface area contributed by atoms with E-state index in [9.17, 15) is 13.2 Å². The van der Waals surface area contributed by atoms with Crippen molar-refractivity contribution >= 4 is 15.6 Å². The lowest BCUT2D eigenvalue weighted by Crippen LogP contribution is -2.25. The first-order valence-electron chi connectivity index (χ1n) is 5.65. The largest absolute Gasteiger partial charge is 0.298 e. The molecule has 3 nitrogen and oxygen atoms in total. The number of hydrogen-bond donors (Lipinski definition) is 0. The minimum Gasteiger partial charge on any atom is -0.298 e. The molecule has 1 aliphatic rings. The Kier molecular flexibility index (Phi) is 2.86. The molecule has 0 spiro atoms. The summed E-state index contributed by atoms with van der Waals surface area (Å²) in [6, 6.07) is 8.22. The van der Waals surface area contributed by atoms with Crippen molar-refractivity contribution in [1.29, 1.82) is 0 Å². The molecule has 1 atom stereocenters. The molecule has 0 bridgehead atoms. The summed E-state index contributed by atoms with van der Waals surface area (Å²) in [5, 5.41) is -0.861. The number of ketones is 1. The van der Waals surface area contributed by atoms with Crippen LogP contribution in [0.5, 0.6) is 0 Å². The van der Waals surface area contributed by atoms with Crippen molar-refractivity contribution in [2.75, 3.05) is 0 Å². The number of sulfone groups is 1. The van der Waals surface area contributed by atoms with Gasteiger partial charge in [0.25, 0.3) is 0 Å². The van der Waals surface area contributed by atoms with Crippen LogP contribution in [0, 0.1) is 5.41 Å². The van der Waals surface area contributed by atoms with Crippen molar-refractivity contribution in [3.63, 3.8) is 0 Å². The molecule has 1 aromatic rings. The zero-order valence-electron chi connectivity index (χ0n) is 10.0. The van der Waals surface area contributed by atoms with E-state index in [2.05, 4.69) is 0 Å². The molecule has 1 fully saturated rings. The predicted octanol–water partition coefficient (Wildman–Crippen LogP) is 2.22. The first kappa shape index (κ1) is 12.3. The quantitative estimate of drug-likeness (QED) is 0.811. The molecule has 1 saturated carbocycles. The van der Waals surface area contributed by atoms with Crippen LogP contribution in [0.4, 0.5) is 0 Å². The molecule has 0 N–H and O–H groups in total. The van der Waals surface area contributed by atoms with Gasteiger partial charge < -0.3 is 0 Å². The Morgan fingerprint density at radius 3 is 2.24 bits per heavy atom. The molecule has 92 valence electrons. The summed E-state index contributed by atoms with van der Waals surface area (Å²) in [5.41, 5.74) is -0.205. The fourth-order valence-electron chi connectivity index (χ4n) is 2.33. The monoisotopic (exact) mass is 252 g/mol. The number of hydrogen-bond acceptors (Lipinski definition) is 3. The molecule has 1 aromatic carbocycles. The molecule has 1 unspecified atom stereocenters. The lowest BCUT2D eigenvalue weighted by atomic mass is 9.92. The van der Waals surface area contributed by atoms with Gasteiger partial charge in [-0.1, -0.05) is 32.0 Å². The summed E-state index contributed by atoms with van der Waals surface area (Å²) in [7, 11) is -3.51. The lowest BCUT2D eigenvalue weighted by molar-refractivity contribution is -0.117. The van der Waals surface area contributed by atoms with E-state index >= 15 is 0 Å². The van der Waals surface area contributed by atoms with Gasteiger partial charge in [0.1, 0.15) is 5.25 Å². The van der Waals surface area contributed by atoms with Crippen molar-refractivity contribution in [1.82, 2.24) is 0 Å². The van der Waals surface area contributed by atoms with Gasteiger partial charge >= 0.3 is 0 Å². The fourth-order valence-corrected chi connectivity index (χ4v) is 4.30. The van der Waals surface area contributed by atoms with E-state index in [1.165, 1.54) is 0 Å². The molecule has 0 heterocycles. The van der Waals surface area contributed by atoms with Crippen LogP contribution in [-0.4, -0.2) is 19.5 Å². The summed E-state index contributed by atoms with van der Waals surface area (Å²) in [6.45, 7) is 3.87.